The Labute approximate surface area is 192 Å². The van der Waals surface area contributed by atoms with Crippen molar-refractivity contribution in [2.45, 2.75) is 24.7 Å². The molecule has 0 atom stereocenters. The van der Waals surface area contributed by atoms with Crippen molar-refractivity contribution in [2.24, 2.45) is 0 Å². The van der Waals surface area contributed by atoms with E-state index in [0.717, 1.165) is 16.8 Å². The number of thiazole rings is 1. The summed E-state index contributed by atoms with van der Waals surface area (Å²) in [4.78, 5) is 8.41. The molecule has 3 aromatic heterocycles. The minimum Gasteiger partial charge on any atom is -0.472 e. The van der Waals surface area contributed by atoms with E-state index < -0.39 is 10.0 Å². The third-order valence-electron chi connectivity index (χ3n) is 4.69. The molecule has 32 heavy (non-hydrogen) atoms. The first-order valence-electron chi connectivity index (χ1n) is 9.63. The van der Waals surface area contributed by atoms with Crippen molar-refractivity contribution in [2.75, 3.05) is 10.0 Å². The summed E-state index contributed by atoms with van der Waals surface area (Å²) in [5.41, 5.74) is 3.96. The number of anilines is 3. The molecule has 0 bridgehead atoms. The fraction of sp³-hybridized carbons (Fsp3) is 0.136. The molecule has 0 radical (unpaired) electrons. The van der Waals surface area contributed by atoms with E-state index >= 15 is 0 Å². The number of benzene rings is 1. The van der Waals surface area contributed by atoms with Crippen molar-refractivity contribution in [1.29, 1.82) is 5.26 Å². The highest BCUT2D eigenvalue weighted by Gasteiger charge is 2.19. The Morgan fingerprint density at radius 3 is 2.69 bits per heavy atom. The second-order valence-corrected chi connectivity index (χ2v) is 9.79. The van der Waals surface area contributed by atoms with Crippen molar-refractivity contribution < 1.29 is 15.7 Å². The number of hydrogen-bond acceptors (Lipinski definition) is 8. The van der Waals surface area contributed by atoms with Gasteiger partial charge in [-0.3, -0.25) is 9.71 Å². The number of sulfonamides is 1. The van der Waals surface area contributed by atoms with Gasteiger partial charge in [-0.1, -0.05) is 13.8 Å². The van der Waals surface area contributed by atoms with Crippen LogP contribution in [-0.2, 0) is 10.0 Å². The monoisotopic (exact) mass is 469 g/mol. The maximum Gasteiger partial charge on any atom is 0.263 e. The van der Waals surface area contributed by atoms with Crippen LogP contribution >= 0.6 is 11.3 Å². The number of nitrogens with zero attached hydrogens (tertiary/aromatic N) is 3. The lowest BCUT2D eigenvalue weighted by atomic mass is 10.0. The summed E-state index contributed by atoms with van der Waals surface area (Å²) in [6.07, 6.45) is 6.43. The maximum absolute atomic E-state index is 12.7. The molecule has 0 spiro atoms. The van der Waals surface area contributed by atoms with E-state index in [9.17, 15) is 13.7 Å². The summed E-state index contributed by atoms with van der Waals surface area (Å²) in [5.74, 6) is 0.235. The standard InChI is InChI=1S/C22H19N5O3S2.2H2/c1-14(2)20-10-18(15-5-7-30-13-15)21(12-25-20)26-19-4-3-17(9-16(19)11-23)32(28,29)27-22-24-6-8-31-22;;/h3-10,12-14,26H,1-2H3,(H,24,27);2*1H. The quantitative estimate of drug-likeness (QED) is 0.349. The normalized spacial score (nSPS) is 11.3. The van der Waals surface area contributed by atoms with Crippen molar-refractivity contribution in [3.05, 3.63) is 71.9 Å². The molecular weight excluding hydrogens is 446 g/mol. The molecule has 2 N–H and O–H groups in total. The molecule has 4 rings (SSSR count). The molecule has 3 heterocycles. The Bertz CT molecular complexity index is 1380. The molecule has 0 aliphatic carbocycles. The largest absolute Gasteiger partial charge is 0.472 e. The molecule has 0 amide bonds. The average molecular weight is 470 g/mol. The zero-order valence-corrected chi connectivity index (χ0v) is 18.9. The van der Waals surface area contributed by atoms with Gasteiger partial charge in [-0.25, -0.2) is 13.4 Å². The smallest absolute Gasteiger partial charge is 0.263 e. The van der Waals surface area contributed by atoms with E-state index in [2.05, 4.69) is 39.9 Å². The van der Waals surface area contributed by atoms with Crippen LogP contribution in [0.3, 0.4) is 0 Å². The minimum absolute atomic E-state index is 0. The molecule has 0 saturated heterocycles. The van der Waals surface area contributed by atoms with Gasteiger partial charge in [0.1, 0.15) is 6.07 Å². The lowest BCUT2D eigenvalue weighted by molar-refractivity contribution is 0.568. The molecule has 0 saturated carbocycles. The van der Waals surface area contributed by atoms with E-state index in [1.807, 2.05) is 12.1 Å². The molecule has 0 fully saturated rings. The van der Waals surface area contributed by atoms with Crippen LogP contribution in [0, 0.1) is 11.3 Å². The highest BCUT2D eigenvalue weighted by atomic mass is 32.2. The number of pyridine rings is 1. The van der Waals surface area contributed by atoms with Gasteiger partial charge in [-0.2, -0.15) is 5.26 Å². The van der Waals surface area contributed by atoms with Crippen LogP contribution in [-0.4, -0.2) is 18.4 Å². The van der Waals surface area contributed by atoms with Gasteiger partial charge in [-0.15, -0.1) is 11.3 Å². The second-order valence-electron chi connectivity index (χ2n) is 7.21. The van der Waals surface area contributed by atoms with E-state index in [1.54, 1.807) is 30.2 Å². The van der Waals surface area contributed by atoms with Gasteiger partial charge in [0.25, 0.3) is 10.0 Å². The van der Waals surface area contributed by atoms with Gasteiger partial charge in [-0.05, 0) is 36.2 Å². The van der Waals surface area contributed by atoms with Crippen LogP contribution < -0.4 is 10.0 Å². The van der Waals surface area contributed by atoms with Crippen LogP contribution in [0.4, 0.5) is 16.5 Å². The lowest BCUT2D eigenvalue weighted by Crippen LogP contribution is -2.13. The average Bonchev–Trinajstić information content (AvgIpc) is 3.48. The number of aromatic nitrogens is 2. The molecule has 0 aliphatic heterocycles. The molecule has 4 aromatic rings. The third kappa shape index (κ3) is 4.49. The van der Waals surface area contributed by atoms with Crippen molar-refractivity contribution in [3.63, 3.8) is 0 Å². The first-order chi connectivity index (χ1) is 15.4. The Hall–Kier alpha value is -3.68. The van der Waals surface area contributed by atoms with Crippen molar-refractivity contribution in [3.8, 4) is 17.2 Å². The number of furan rings is 1. The van der Waals surface area contributed by atoms with Gasteiger partial charge in [0, 0.05) is 31.3 Å². The second kappa shape index (κ2) is 8.82. The first kappa shape index (κ1) is 21.5. The predicted octanol–water partition coefficient (Wildman–Crippen LogP) is 5.83. The topological polar surface area (TPSA) is 121 Å². The zero-order valence-electron chi connectivity index (χ0n) is 17.2. The number of rotatable bonds is 7. The van der Waals surface area contributed by atoms with Crippen LogP contribution in [0.2, 0.25) is 0 Å². The Morgan fingerprint density at radius 1 is 1.19 bits per heavy atom. The summed E-state index contributed by atoms with van der Waals surface area (Å²) < 4.78 is 33.0. The third-order valence-corrected chi connectivity index (χ3v) is 6.85. The summed E-state index contributed by atoms with van der Waals surface area (Å²) in [7, 11) is -3.87. The summed E-state index contributed by atoms with van der Waals surface area (Å²) in [5, 5.41) is 14.8. The molecule has 0 unspecified atom stereocenters. The number of nitrogens with one attached hydrogen (secondary N) is 2. The van der Waals surface area contributed by atoms with E-state index in [-0.39, 0.29) is 24.4 Å². The Morgan fingerprint density at radius 2 is 2.03 bits per heavy atom. The van der Waals surface area contributed by atoms with E-state index in [4.69, 9.17) is 4.42 Å². The Kier molecular flexibility index (Phi) is 5.94. The number of nitriles is 1. The van der Waals surface area contributed by atoms with Gasteiger partial charge in [0.2, 0.25) is 0 Å². The molecule has 166 valence electrons. The highest BCUT2D eigenvalue weighted by molar-refractivity contribution is 7.93. The zero-order chi connectivity index (χ0) is 22.7. The summed E-state index contributed by atoms with van der Waals surface area (Å²) >= 11 is 1.17. The van der Waals surface area contributed by atoms with Gasteiger partial charge in [0.05, 0.1) is 40.6 Å². The fourth-order valence-corrected chi connectivity index (χ4v) is 4.84. The van der Waals surface area contributed by atoms with Crippen LogP contribution in [0.25, 0.3) is 11.1 Å². The van der Waals surface area contributed by atoms with Crippen LogP contribution in [0.15, 0.2) is 69.9 Å². The predicted molar refractivity (Wildman–Crippen MR) is 128 cm³/mol. The first-order valence-corrected chi connectivity index (χ1v) is 12.0. The van der Waals surface area contributed by atoms with Crippen molar-refractivity contribution >= 4 is 37.9 Å². The van der Waals surface area contributed by atoms with Crippen LogP contribution in [0.1, 0.15) is 33.9 Å². The van der Waals surface area contributed by atoms with Gasteiger partial charge in [0.15, 0.2) is 5.13 Å². The van der Waals surface area contributed by atoms with Gasteiger partial charge < -0.3 is 9.73 Å². The maximum atomic E-state index is 12.7. The highest BCUT2D eigenvalue weighted by Crippen LogP contribution is 2.33. The summed E-state index contributed by atoms with van der Waals surface area (Å²) in [6.45, 7) is 4.11. The molecule has 1 aromatic carbocycles. The van der Waals surface area contributed by atoms with E-state index in [1.165, 1.54) is 29.7 Å². The van der Waals surface area contributed by atoms with Crippen molar-refractivity contribution in [1.82, 2.24) is 9.97 Å². The molecule has 10 heteroatoms. The fourth-order valence-electron chi connectivity index (χ4n) is 3.03. The number of hydrogen-bond donors (Lipinski definition) is 2. The van der Waals surface area contributed by atoms with E-state index in [0.29, 0.717) is 11.4 Å². The lowest BCUT2D eigenvalue weighted by Gasteiger charge is -2.15. The minimum atomic E-state index is -3.87. The molecule has 0 aliphatic rings. The van der Waals surface area contributed by atoms with Crippen LogP contribution in [0.5, 0.6) is 0 Å². The Balaban J connectivity index is 0.00000204. The molecular formula is C22H23N5O3S2. The molecule has 8 nitrogen and oxygen atoms in total. The van der Waals surface area contributed by atoms with Gasteiger partial charge >= 0.3 is 0 Å². The summed E-state index contributed by atoms with van der Waals surface area (Å²) in [6, 6.07) is 10.2. The SMILES string of the molecule is CC(C)c1cc(-c2ccoc2)c(Nc2ccc(S(=O)(=O)Nc3nccs3)cc2C#N)cn1.[HH].[HH].